The lowest BCUT2D eigenvalue weighted by molar-refractivity contribution is -0.389. The monoisotopic (exact) mass is 383 g/mol. The molecular weight excluding hydrogens is 370 g/mol. The van der Waals surface area contributed by atoms with E-state index in [-0.39, 0.29) is 17.4 Å². The van der Waals surface area contributed by atoms with E-state index < -0.39 is 4.92 Å². The smallest absolute Gasteiger partial charge is 0.408 e. The minimum absolute atomic E-state index is 0.00198. The zero-order chi connectivity index (χ0) is 19.0. The molecule has 0 amide bonds. The Morgan fingerprint density at radius 1 is 1.30 bits per heavy atom. The normalized spacial score (nSPS) is 11.0. The van der Waals surface area contributed by atoms with Crippen LogP contribution in [0.15, 0.2) is 48.7 Å². The van der Waals surface area contributed by atoms with Crippen molar-refractivity contribution in [3.8, 4) is 17.1 Å². The van der Waals surface area contributed by atoms with E-state index in [0.717, 1.165) is 28.0 Å². The number of benzene rings is 2. The lowest BCUT2D eigenvalue weighted by Crippen LogP contribution is -2.03. The molecule has 2 heterocycles. The Morgan fingerprint density at radius 3 is 2.81 bits per heavy atom. The molecule has 0 saturated heterocycles. The fourth-order valence-corrected chi connectivity index (χ4v) is 3.10. The molecule has 0 spiro atoms. The topological polar surface area (TPSA) is 98.9 Å². The van der Waals surface area contributed by atoms with Gasteiger partial charge in [0.2, 0.25) is 0 Å². The molecule has 2 aromatic carbocycles. The average molecular weight is 384 g/mol. The van der Waals surface area contributed by atoms with Gasteiger partial charge in [0.15, 0.2) is 5.02 Å². The number of nitrogens with zero attached hydrogens (tertiary/aromatic N) is 4. The van der Waals surface area contributed by atoms with Gasteiger partial charge in [-0.1, -0.05) is 35.9 Å². The predicted molar refractivity (Wildman–Crippen MR) is 101 cm³/mol. The molecule has 0 fully saturated rings. The number of nitrogens with one attached hydrogen (secondary N) is 1. The Hall–Kier alpha value is -3.39. The predicted octanol–water partition coefficient (Wildman–Crippen LogP) is 4.04. The first kappa shape index (κ1) is 17.0. The maximum Gasteiger partial charge on any atom is 0.408 e. The van der Waals surface area contributed by atoms with Gasteiger partial charge < -0.3 is 19.8 Å². The Morgan fingerprint density at radius 2 is 2.11 bits per heavy atom. The summed E-state index contributed by atoms with van der Waals surface area (Å²) in [6, 6.07) is 13.4. The van der Waals surface area contributed by atoms with E-state index in [9.17, 15) is 10.1 Å². The van der Waals surface area contributed by atoms with Crippen LogP contribution in [0.5, 0.6) is 5.75 Å². The zero-order valence-electron chi connectivity index (χ0n) is 14.2. The highest BCUT2D eigenvalue weighted by Gasteiger charge is 2.20. The maximum absolute atomic E-state index is 10.9. The van der Waals surface area contributed by atoms with Crippen molar-refractivity contribution in [2.24, 2.45) is 0 Å². The van der Waals surface area contributed by atoms with Crippen LogP contribution in [0.3, 0.4) is 0 Å². The highest BCUT2D eigenvalue weighted by atomic mass is 35.5. The summed E-state index contributed by atoms with van der Waals surface area (Å²) in [7, 11) is 1.57. The van der Waals surface area contributed by atoms with Gasteiger partial charge in [0.05, 0.1) is 36.0 Å². The number of fused-ring (bicyclic) bond motifs is 1. The lowest BCUT2D eigenvalue weighted by atomic mass is 10.1. The molecule has 4 aromatic rings. The van der Waals surface area contributed by atoms with Crippen molar-refractivity contribution >= 4 is 28.5 Å². The van der Waals surface area contributed by atoms with Crippen molar-refractivity contribution in [2.75, 3.05) is 7.11 Å². The molecule has 0 aliphatic heterocycles. The highest BCUT2D eigenvalue weighted by Crippen LogP contribution is 2.29. The summed E-state index contributed by atoms with van der Waals surface area (Å²) in [5.74, 6) is 0.996. The molecule has 0 unspecified atom stereocenters. The molecule has 0 aliphatic rings. The first-order valence-corrected chi connectivity index (χ1v) is 8.42. The van der Waals surface area contributed by atoms with Crippen molar-refractivity contribution in [1.82, 2.24) is 19.7 Å². The molecule has 0 aliphatic carbocycles. The van der Waals surface area contributed by atoms with E-state index in [2.05, 4.69) is 15.1 Å². The van der Waals surface area contributed by atoms with Crippen molar-refractivity contribution in [2.45, 2.75) is 6.54 Å². The van der Waals surface area contributed by atoms with E-state index in [1.165, 1.54) is 10.9 Å². The van der Waals surface area contributed by atoms with Gasteiger partial charge in [-0.2, -0.15) is 4.68 Å². The summed E-state index contributed by atoms with van der Waals surface area (Å²) in [4.78, 5) is 18.2. The van der Waals surface area contributed by atoms with E-state index in [1.807, 2.05) is 42.5 Å². The highest BCUT2D eigenvalue weighted by molar-refractivity contribution is 6.32. The van der Waals surface area contributed by atoms with Gasteiger partial charge in [-0.3, -0.25) is 0 Å². The first-order valence-electron chi connectivity index (χ1n) is 8.04. The van der Waals surface area contributed by atoms with Crippen LogP contribution in [-0.4, -0.2) is 31.8 Å². The van der Waals surface area contributed by atoms with Gasteiger partial charge in [0.25, 0.3) is 0 Å². The van der Waals surface area contributed by atoms with E-state index in [1.54, 1.807) is 7.11 Å². The molecule has 2 aromatic heterocycles. The van der Waals surface area contributed by atoms with Crippen molar-refractivity contribution < 1.29 is 9.66 Å². The van der Waals surface area contributed by atoms with Crippen molar-refractivity contribution in [3.63, 3.8) is 0 Å². The minimum Gasteiger partial charge on any atom is -0.496 e. The minimum atomic E-state index is -0.610. The van der Waals surface area contributed by atoms with Gasteiger partial charge in [0, 0.05) is 11.1 Å². The number of hydrogen-bond donors (Lipinski definition) is 1. The summed E-state index contributed by atoms with van der Waals surface area (Å²) in [5, 5.41) is 14.8. The third kappa shape index (κ3) is 3.22. The molecule has 9 heteroatoms. The van der Waals surface area contributed by atoms with Crippen LogP contribution in [0.1, 0.15) is 5.56 Å². The molecule has 27 heavy (non-hydrogen) atoms. The van der Waals surface area contributed by atoms with Crippen molar-refractivity contribution in [1.29, 1.82) is 0 Å². The number of ether oxygens (including phenoxy) is 1. The van der Waals surface area contributed by atoms with Crippen LogP contribution >= 0.6 is 11.6 Å². The van der Waals surface area contributed by atoms with Gasteiger partial charge in [-0.25, -0.2) is 4.98 Å². The number of aromatic amines is 1. The second-order valence-corrected chi connectivity index (χ2v) is 6.29. The van der Waals surface area contributed by atoms with E-state index >= 15 is 0 Å². The molecule has 0 saturated carbocycles. The lowest BCUT2D eigenvalue weighted by Gasteiger charge is -2.09. The number of hydrogen-bond acceptors (Lipinski definition) is 5. The second kappa shape index (κ2) is 6.73. The van der Waals surface area contributed by atoms with Gasteiger partial charge in [-0.15, -0.1) is 0 Å². The average Bonchev–Trinajstić information content (AvgIpc) is 3.25. The Bertz CT molecular complexity index is 1120. The summed E-state index contributed by atoms with van der Waals surface area (Å²) < 4.78 is 6.90. The number of para-hydroxylation sites is 2. The standard InChI is InChI=1S/C18H14ClN5O3/c1-27-16-8-11(17-20-14-4-2-3-5-15(14)21-17)6-7-12(16)9-23-10-13(19)18(22-23)24(25)26/h2-8,10H,9H2,1H3,(H,20,21). The van der Waals surface area contributed by atoms with Crippen LogP contribution in [0.2, 0.25) is 5.02 Å². The zero-order valence-corrected chi connectivity index (χ0v) is 15.0. The Labute approximate surface area is 158 Å². The largest absolute Gasteiger partial charge is 0.496 e. The van der Waals surface area contributed by atoms with Crippen LogP contribution in [-0.2, 0) is 6.54 Å². The number of halogens is 1. The maximum atomic E-state index is 10.9. The number of imidazole rings is 1. The number of methoxy groups -OCH3 is 1. The van der Waals surface area contributed by atoms with Gasteiger partial charge >= 0.3 is 5.82 Å². The number of H-pyrrole nitrogens is 1. The molecule has 0 atom stereocenters. The van der Waals surface area contributed by atoms with Gasteiger partial charge in [0.1, 0.15) is 11.6 Å². The van der Waals surface area contributed by atoms with Crippen LogP contribution < -0.4 is 4.74 Å². The quantitative estimate of drug-likeness (QED) is 0.414. The molecule has 1 N–H and O–H groups in total. The Balaban J connectivity index is 1.67. The third-order valence-electron chi connectivity index (χ3n) is 4.15. The summed E-state index contributed by atoms with van der Waals surface area (Å²) in [6.07, 6.45) is 1.42. The van der Waals surface area contributed by atoms with E-state index in [4.69, 9.17) is 16.3 Å². The number of aromatic nitrogens is 4. The summed E-state index contributed by atoms with van der Waals surface area (Å²) >= 11 is 5.86. The second-order valence-electron chi connectivity index (χ2n) is 5.88. The third-order valence-corrected chi connectivity index (χ3v) is 4.42. The molecule has 0 radical (unpaired) electrons. The fourth-order valence-electron chi connectivity index (χ4n) is 2.88. The number of nitro groups is 1. The van der Waals surface area contributed by atoms with Gasteiger partial charge in [-0.05, 0) is 23.1 Å². The van der Waals surface area contributed by atoms with E-state index in [0.29, 0.717) is 5.75 Å². The summed E-state index contributed by atoms with van der Waals surface area (Å²) in [5.41, 5.74) is 3.52. The fraction of sp³-hybridized carbons (Fsp3) is 0.111. The molecule has 136 valence electrons. The Kier molecular flexibility index (Phi) is 4.25. The van der Waals surface area contributed by atoms with Crippen LogP contribution in [0.25, 0.3) is 22.4 Å². The summed E-state index contributed by atoms with van der Waals surface area (Å²) in [6.45, 7) is 0.289. The van der Waals surface area contributed by atoms with Crippen molar-refractivity contribution in [3.05, 3.63) is 69.4 Å². The molecule has 0 bridgehead atoms. The van der Waals surface area contributed by atoms with Crippen LogP contribution in [0.4, 0.5) is 5.82 Å². The van der Waals surface area contributed by atoms with Crippen LogP contribution in [0, 0.1) is 10.1 Å². The molecule has 8 nitrogen and oxygen atoms in total. The molecular formula is C18H14ClN5O3. The molecule has 4 rings (SSSR count). The SMILES string of the molecule is COc1cc(-c2nc3ccccc3[nH]2)ccc1Cn1cc(Cl)c([N+](=O)[O-])n1. The first-order chi connectivity index (χ1) is 13.0. The number of rotatable bonds is 5.